The maximum absolute atomic E-state index is 6.15. The zero-order chi connectivity index (χ0) is 15.5. The monoisotopic (exact) mass is 288 g/mol. The number of likely N-dealkylation sites (tertiary alicyclic amines) is 1. The van der Waals surface area contributed by atoms with Gasteiger partial charge in [0.1, 0.15) is 0 Å². The third-order valence-corrected chi connectivity index (χ3v) is 5.82. The third kappa shape index (κ3) is 3.49. The SMILES string of the molecule is CCC1(CC)CCN(C(CN)c2cc(C)ccc2C)CC1. The molecule has 118 valence electrons. The predicted molar refractivity (Wildman–Crippen MR) is 91.5 cm³/mol. The van der Waals surface area contributed by atoms with Gasteiger partial charge in [0.2, 0.25) is 0 Å². The van der Waals surface area contributed by atoms with E-state index in [1.54, 1.807) is 0 Å². The molecule has 1 aliphatic rings. The van der Waals surface area contributed by atoms with Gasteiger partial charge in [0, 0.05) is 12.6 Å². The molecule has 1 saturated heterocycles. The number of rotatable bonds is 5. The Morgan fingerprint density at radius 2 is 1.76 bits per heavy atom. The summed E-state index contributed by atoms with van der Waals surface area (Å²) in [5.74, 6) is 0. The Balaban J connectivity index is 2.15. The van der Waals surface area contributed by atoms with Gasteiger partial charge >= 0.3 is 0 Å². The van der Waals surface area contributed by atoms with E-state index in [1.807, 2.05) is 0 Å². The van der Waals surface area contributed by atoms with Gasteiger partial charge in [0.25, 0.3) is 0 Å². The molecular weight excluding hydrogens is 256 g/mol. The smallest absolute Gasteiger partial charge is 0.0473 e. The van der Waals surface area contributed by atoms with Crippen molar-refractivity contribution in [3.05, 3.63) is 34.9 Å². The molecule has 1 aromatic rings. The number of hydrogen-bond donors (Lipinski definition) is 1. The van der Waals surface area contributed by atoms with E-state index in [0.717, 1.165) is 6.54 Å². The van der Waals surface area contributed by atoms with E-state index in [-0.39, 0.29) is 0 Å². The Hall–Kier alpha value is -0.860. The topological polar surface area (TPSA) is 29.3 Å². The molecule has 0 aromatic heterocycles. The highest BCUT2D eigenvalue weighted by atomic mass is 15.2. The lowest BCUT2D eigenvalue weighted by atomic mass is 9.74. The van der Waals surface area contributed by atoms with Crippen LogP contribution in [0.4, 0.5) is 0 Å². The largest absolute Gasteiger partial charge is 0.329 e. The van der Waals surface area contributed by atoms with Gasteiger partial charge in [0.05, 0.1) is 0 Å². The minimum atomic E-state index is 0.386. The highest BCUT2D eigenvalue weighted by molar-refractivity contribution is 5.33. The lowest BCUT2D eigenvalue weighted by Gasteiger charge is -2.44. The van der Waals surface area contributed by atoms with Crippen LogP contribution in [-0.2, 0) is 0 Å². The molecule has 0 radical (unpaired) electrons. The molecule has 0 bridgehead atoms. The number of benzene rings is 1. The van der Waals surface area contributed by atoms with Crippen molar-refractivity contribution >= 4 is 0 Å². The van der Waals surface area contributed by atoms with Crippen molar-refractivity contribution in [2.75, 3.05) is 19.6 Å². The lowest BCUT2D eigenvalue weighted by molar-refractivity contribution is 0.0678. The Labute approximate surface area is 130 Å². The fraction of sp³-hybridized carbons (Fsp3) is 0.684. The number of hydrogen-bond acceptors (Lipinski definition) is 2. The number of nitrogens with zero attached hydrogens (tertiary/aromatic N) is 1. The van der Waals surface area contributed by atoms with Gasteiger partial charge in [-0.3, -0.25) is 4.90 Å². The summed E-state index contributed by atoms with van der Waals surface area (Å²) >= 11 is 0. The molecule has 0 saturated carbocycles. The first-order chi connectivity index (χ1) is 10.0. The van der Waals surface area contributed by atoms with E-state index in [9.17, 15) is 0 Å². The summed E-state index contributed by atoms with van der Waals surface area (Å²) in [5.41, 5.74) is 10.9. The number of aryl methyl sites for hydroxylation is 2. The van der Waals surface area contributed by atoms with Gasteiger partial charge in [-0.2, -0.15) is 0 Å². The average molecular weight is 288 g/mol. The third-order valence-electron chi connectivity index (χ3n) is 5.82. The normalized spacial score (nSPS) is 20.4. The van der Waals surface area contributed by atoms with E-state index in [0.29, 0.717) is 11.5 Å². The minimum Gasteiger partial charge on any atom is -0.329 e. The van der Waals surface area contributed by atoms with Crippen molar-refractivity contribution in [1.29, 1.82) is 0 Å². The van der Waals surface area contributed by atoms with E-state index in [4.69, 9.17) is 5.73 Å². The number of nitrogens with two attached hydrogens (primary N) is 1. The van der Waals surface area contributed by atoms with Crippen molar-refractivity contribution in [3.8, 4) is 0 Å². The first kappa shape index (κ1) is 16.5. The van der Waals surface area contributed by atoms with Gasteiger partial charge in [-0.05, 0) is 56.3 Å². The molecule has 0 spiro atoms. The van der Waals surface area contributed by atoms with Crippen LogP contribution in [0.15, 0.2) is 18.2 Å². The summed E-state index contributed by atoms with van der Waals surface area (Å²) < 4.78 is 0. The average Bonchev–Trinajstić information content (AvgIpc) is 2.52. The maximum atomic E-state index is 6.15. The summed E-state index contributed by atoms with van der Waals surface area (Å²) in [4.78, 5) is 2.62. The first-order valence-corrected chi connectivity index (χ1v) is 8.56. The maximum Gasteiger partial charge on any atom is 0.0473 e. The minimum absolute atomic E-state index is 0.386. The molecular formula is C19H32N2. The van der Waals surface area contributed by atoms with Crippen molar-refractivity contribution in [3.63, 3.8) is 0 Å². The van der Waals surface area contributed by atoms with Crippen LogP contribution < -0.4 is 5.73 Å². The van der Waals surface area contributed by atoms with Crippen molar-refractivity contribution in [2.24, 2.45) is 11.1 Å². The fourth-order valence-corrected chi connectivity index (χ4v) is 3.86. The van der Waals surface area contributed by atoms with Gasteiger partial charge in [-0.25, -0.2) is 0 Å². The van der Waals surface area contributed by atoms with Crippen LogP contribution in [0.5, 0.6) is 0 Å². The molecule has 1 fully saturated rings. The van der Waals surface area contributed by atoms with Crippen LogP contribution in [0.1, 0.15) is 62.3 Å². The quantitative estimate of drug-likeness (QED) is 0.879. The highest BCUT2D eigenvalue weighted by Gasteiger charge is 2.33. The van der Waals surface area contributed by atoms with Gasteiger partial charge < -0.3 is 5.73 Å². The van der Waals surface area contributed by atoms with Crippen LogP contribution in [0.25, 0.3) is 0 Å². The molecule has 1 unspecified atom stereocenters. The van der Waals surface area contributed by atoms with E-state index < -0.39 is 0 Å². The van der Waals surface area contributed by atoms with E-state index in [2.05, 4.69) is 50.8 Å². The zero-order valence-corrected chi connectivity index (χ0v) is 14.3. The van der Waals surface area contributed by atoms with Crippen LogP contribution in [0, 0.1) is 19.3 Å². The molecule has 2 heteroatoms. The van der Waals surface area contributed by atoms with Gasteiger partial charge in [0.15, 0.2) is 0 Å². The van der Waals surface area contributed by atoms with Crippen molar-refractivity contribution < 1.29 is 0 Å². The molecule has 2 nitrogen and oxygen atoms in total. The second kappa shape index (κ2) is 6.93. The molecule has 1 heterocycles. The van der Waals surface area contributed by atoms with Crippen LogP contribution in [0.3, 0.4) is 0 Å². The van der Waals surface area contributed by atoms with Crippen LogP contribution in [0.2, 0.25) is 0 Å². The number of piperidine rings is 1. The predicted octanol–water partition coefficient (Wildman–Crippen LogP) is 4.21. The van der Waals surface area contributed by atoms with Crippen molar-refractivity contribution in [2.45, 2.75) is 59.4 Å². The summed E-state index contributed by atoms with van der Waals surface area (Å²) in [7, 11) is 0. The Morgan fingerprint density at radius 1 is 1.14 bits per heavy atom. The summed E-state index contributed by atoms with van der Waals surface area (Å²) in [6.45, 7) is 12.2. The molecule has 0 amide bonds. The summed E-state index contributed by atoms with van der Waals surface area (Å²) in [5, 5.41) is 0. The first-order valence-electron chi connectivity index (χ1n) is 8.56. The summed E-state index contributed by atoms with van der Waals surface area (Å²) in [6, 6.07) is 7.15. The lowest BCUT2D eigenvalue weighted by Crippen LogP contribution is -2.43. The molecule has 21 heavy (non-hydrogen) atoms. The van der Waals surface area contributed by atoms with Crippen molar-refractivity contribution in [1.82, 2.24) is 4.90 Å². The van der Waals surface area contributed by atoms with E-state index in [1.165, 1.54) is 55.5 Å². The zero-order valence-electron chi connectivity index (χ0n) is 14.3. The standard InChI is InChI=1S/C19H32N2/c1-5-19(6-2)9-11-21(12-10-19)18(14-20)17-13-15(3)7-8-16(17)4/h7-8,13,18H,5-6,9-12,14,20H2,1-4H3. The molecule has 1 aromatic carbocycles. The molecule has 2 rings (SSSR count). The van der Waals surface area contributed by atoms with Gasteiger partial charge in [-0.1, -0.05) is 50.5 Å². The Kier molecular flexibility index (Phi) is 5.45. The molecule has 1 aliphatic heterocycles. The van der Waals surface area contributed by atoms with E-state index >= 15 is 0 Å². The molecule has 0 aliphatic carbocycles. The second-order valence-corrected chi connectivity index (χ2v) is 6.85. The fourth-order valence-electron chi connectivity index (χ4n) is 3.86. The van der Waals surface area contributed by atoms with Crippen LogP contribution >= 0.6 is 0 Å². The highest BCUT2D eigenvalue weighted by Crippen LogP contribution is 2.40. The molecule has 2 N–H and O–H groups in total. The van der Waals surface area contributed by atoms with Gasteiger partial charge in [-0.15, -0.1) is 0 Å². The Morgan fingerprint density at radius 3 is 2.29 bits per heavy atom. The molecule has 1 atom stereocenters. The second-order valence-electron chi connectivity index (χ2n) is 6.85. The Bertz CT molecular complexity index is 453. The summed E-state index contributed by atoms with van der Waals surface area (Å²) in [6.07, 6.45) is 5.27. The van der Waals surface area contributed by atoms with Crippen LogP contribution in [-0.4, -0.2) is 24.5 Å².